The van der Waals surface area contributed by atoms with Crippen molar-refractivity contribution in [3.63, 3.8) is 0 Å². The Morgan fingerprint density at radius 1 is 0.885 bits per heavy atom. The fourth-order valence-electron chi connectivity index (χ4n) is 3.73. The Morgan fingerprint density at radius 3 is 2.19 bits per heavy atom. The van der Waals surface area contributed by atoms with Gasteiger partial charge in [-0.15, -0.1) is 0 Å². The minimum Gasteiger partial charge on any atom is -0.464 e. The first-order chi connectivity index (χ1) is 12.4. The molecule has 1 heterocycles. The fourth-order valence-corrected chi connectivity index (χ4v) is 4.00. The van der Waals surface area contributed by atoms with E-state index in [4.69, 9.17) is 0 Å². The van der Waals surface area contributed by atoms with Crippen molar-refractivity contribution < 1.29 is 9.90 Å². The van der Waals surface area contributed by atoms with Gasteiger partial charge in [0, 0.05) is 9.89 Å². The van der Waals surface area contributed by atoms with Gasteiger partial charge >= 0.3 is 6.09 Å². The Labute approximate surface area is 161 Å². The summed E-state index contributed by atoms with van der Waals surface area (Å²) in [6.07, 6.45) is -0.967. The minimum absolute atomic E-state index is 0.288. The van der Waals surface area contributed by atoms with E-state index in [1.165, 1.54) is 4.90 Å². The number of hydrogen-bond acceptors (Lipinski definition) is 1. The normalized spacial score (nSPS) is 14.5. The van der Waals surface area contributed by atoms with Gasteiger partial charge in [-0.3, -0.25) is 0 Å². The molecular weight excluding hydrogens is 390 g/mol. The van der Waals surface area contributed by atoms with E-state index >= 15 is 0 Å². The molecule has 0 saturated heterocycles. The van der Waals surface area contributed by atoms with E-state index in [0.717, 1.165) is 38.1 Å². The highest BCUT2D eigenvalue weighted by Crippen LogP contribution is 2.49. The minimum atomic E-state index is -0.967. The Morgan fingerprint density at radius 2 is 1.50 bits per heavy atom. The number of carbonyl (C=O) groups is 1. The highest BCUT2D eigenvalue weighted by molar-refractivity contribution is 9.10. The second-order valence-corrected chi connectivity index (χ2v) is 7.91. The third-order valence-electron chi connectivity index (χ3n) is 5.10. The maximum Gasteiger partial charge on any atom is 0.416 e. The zero-order valence-corrected chi connectivity index (χ0v) is 16.1. The van der Waals surface area contributed by atoms with Crippen LogP contribution in [0.1, 0.15) is 25.0 Å². The zero-order chi connectivity index (χ0) is 18.5. The molecule has 3 aromatic carbocycles. The number of hydrogen-bond donors (Lipinski definition) is 1. The molecule has 0 unspecified atom stereocenters. The van der Waals surface area contributed by atoms with E-state index in [9.17, 15) is 9.90 Å². The molecule has 0 aliphatic carbocycles. The third kappa shape index (κ3) is 2.53. The van der Waals surface area contributed by atoms with Gasteiger partial charge in [-0.1, -0.05) is 66.2 Å². The molecule has 0 saturated carbocycles. The molecular formula is C22H18BrNO2. The highest BCUT2D eigenvalue weighted by Gasteiger charge is 2.38. The summed E-state index contributed by atoms with van der Waals surface area (Å²) in [7, 11) is 0. The number of rotatable bonds is 1. The summed E-state index contributed by atoms with van der Waals surface area (Å²) in [6.45, 7) is 4.30. The number of benzene rings is 3. The second-order valence-electron chi connectivity index (χ2n) is 7.00. The highest BCUT2D eigenvalue weighted by atomic mass is 79.9. The number of fused-ring (bicyclic) bond motifs is 2. The molecule has 3 nitrogen and oxygen atoms in total. The van der Waals surface area contributed by atoms with Gasteiger partial charge in [0.05, 0.1) is 11.4 Å². The van der Waals surface area contributed by atoms with Crippen LogP contribution in [0.25, 0.3) is 11.1 Å². The van der Waals surface area contributed by atoms with E-state index in [1.54, 1.807) is 0 Å². The van der Waals surface area contributed by atoms with Crippen molar-refractivity contribution in [1.82, 2.24) is 0 Å². The molecule has 3 aromatic rings. The predicted octanol–water partition coefficient (Wildman–Crippen LogP) is 6.57. The van der Waals surface area contributed by atoms with E-state index in [2.05, 4.69) is 48.0 Å². The van der Waals surface area contributed by atoms with Crippen LogP contribution >= 0.6 is 15.9 Å². The summed E-state index contributed by atoms with van der Waals surface area (Å²) in [4.78, 5) is 13.4. The summed E-state index contributed by atoms with van der Waals surface area (Å²) < 4.78 is 1.03. The van der Waals surface area contributed by atoms with Crippen molar-refractivity contribution in [2.45, 2.75) is 19.3 Å². The van der Waals surface area contributed by atoms with Crippen molar-refractivity contribution in [2.24, 2.45) is 0 Å². The number of amides is 1. The van der Waals surface area contributed by atoms with Gasteiger partial charge in [-0.05, 0) is 52.6 Å². The van der Waals surface area contributed by atoms with Gasteiger partial charge in [0.15, 0.2) is 0 Å². The first kappa shape index (κ1) is 16.9. The lowest BCUT2D eigenvalue weighted by molar-refractivity contribution is 0.204. The average molecular weight is 408 g/mol. The average Bonchev–Trinajstić information content (AvgIpc) is 2.62. The number of nitrogens with zero attached hydrogens (tertiary/aromatic N) is 1. The van der Waals surface area contributed by atoms with Gasteiger partial charge in [0.2, 0.25) is 0 Å². The van der Waals surface area contributed by atoms with Crippen LogP contribution in [0.3, 0.4) is 0 Å². The van der Waals surface area contributed by atoms with Crippen LogP contribution in [-0.4, -0.2) is 11.2 Å². The van der Waals surface area contributed by atoms with Crippen LogP contribution in [0.15, 0.2) is 71.2 Å². The third-order valence-corrected chi connectivity index (χ3v) is 5.63. The summed E-state index contributed by atoms with van der Waals surface area (Å²) >= 11 is 3.47. The largest absolute Gasteiger partial charge is 0.464 e. The molecule has 0 bridgehead atoms. The molecule has 0 aromatic heterocycles. The number of anilines is 2. The predicted molar refractivity (Wildman–Crippen MR) is 108 cm³/mol. The van der Waals surface area contributed by atoms with Gasteiger partial charge in [-0.25, -0.2) is 9.69 Å². The van der Waals surface area contributed by atoms with Crippen molar-refractivity contribution in [3.8, 4) is 11.1 Å². The monoisotopic (exact) mass is 407 g/mol. The molecule has 1 N–H and O–H groups in total. The summed E-state index contributed by atoms with van der Waals surface area (Å²) in [5, 5.41) is 9.84. The second kappa shape index (κ2) is 5.99. The molecule has 4 rings (SSSR count). The van der Waals surface area contributed by atoms with Crippen LogP contribution in [0.5, 0.6) is 0 Å². The van der Waals surface area contributed by atoms with Crippen molar-refractivity contribution in [2.75, 3.05) is 4.90 Å². The number of carboxylic acid groups (broad SMARTS) is 1. The number of halogens is 1. The molecule has 1 aliphatic heterocycles. The quantitative estimate of drug-likeness (QED) is 0.495. The topological polar surface area (TPSA) is 40.5 Å². The van der Waals surface area contributed by atoms with Crippen molar-refractivity contribution in [1.29, 1.82) is 0 Å². The summed E-state index contributed by atoms with van der Waals surface area (Å²) in [5.74, 6) is 0. The SMILES string of the molecule is CC1(C)c2ccccc2N(C(=O)O)c2ccc(-c3ccc(Br)cc3)cc21. The van der Waals surface area contributed by atoms with Crippen LogP contribution in [-0.2, 0) is 5.41 Å². The van der Waals surface area contributed by atoms with E-state index in [1.807, 2.05) is 48.5 Å². The van der Waals surface area contributed by atoms with Gasteiger partial charge in [0.1, 0.15) is 0 Å². The lowest BCUT2D eigenvalue weighted by atomic mass is 9.73. The summed E-state index contributed by atoms with van der Waals surface area (Å²) in [5.41, 5.74) is 5.38. The Balaban J connectivity index is 1.95. The smallest absolute Gasteiger partial charge is 0.416 e. The molecule has 0 atom stereocenters. The Kier molecular flexibility index (Phi) is 3.88. The molecule has 0 fully saturated rings. The molecule has 4 heteroatoms. The standard InChI is InChI=1S/C22H18BrNO2/c1-22(2)17-5-3-4-6-19(17)24(21(25)26)20-12-9-15(13-18(20)22)14-7-10-16(23)11-8-14/h3-13H,1-2H3,(H,25,26). The molecule has 1 amide bonds. The molecule has 130 valence electrons. The first-order valence-electron chi connectivity index (χ1n) is 8.42. The fraction of sp³-hybridized carbons (Fsp3) is 0.136. The number of para-hydroxylation sites is 1. The van der Waals surface area contributed by atoms with E-state index in [0.29, 0.717) is 0 Å². The van der Waals surface area contributed by atoms with Crippen molar-refractivity contribution in [3.05, 3.63) is 82.3 Å². The summed E-state index contributed by atoms with van der Waals surface area (Å²) in [6, 6.07) is 21.9. The van der Waals surface area contributed by atoms with Crippen LogP contribution in [0.2, 0.25) is 0 Å². The van der Waals surface area contributed by atoms with Gasteiger partial charge in [0.25, 0.3) is 0 Å². The molecule has 1 aliphatic rings. The van der Waals surface area contributed by atoms with Crippen LogP contribution < -0.4 is 4.90 Å². The lowest BCUT2D eigenvalue weighted by Crippen LogP contribution is -2.35. The van der Waals surface area contributed by atoms with E-state index in [-0.39, 0.29) is 5.41 Å². The Bertz CT molecular complexity index is 1010. The lowest BCUT2D eigenvalue weighted by Gasteiger charge is -2.40. The van der Waals surface area contributed by atoms with Crippen LogP contribution in [0.4, 0.5) is 16.2 Å². The van der Waals surface area contributed by atoms with Gasteiger partial charge in [-0.2, -0.15) is 0 Å². The first-order valence-corrected chi connectivity index (χ1v) is 9.22. The van der Waals surface area contributed by atoms with Crippen molar-refractivity contribution >= 4 is 33.4 Å². The maximum absolute atomic E-state index is 12.0. The maximum atomic E-state index is 12.0. The van der Waals surface area contributed by atoms with Gasteiger partial charge < -0.3 is 5.11 Å². The molecule has 26 heavy (non-hydrogen) atoms. The Hall–Kier alpha value is -2.59. The molecule has 0 radical (unpaired) electrons. The molecule has 0 spiro atoms. The zero-order valence-electron chi connectivity index (χ0n) is 14.5. The van der Waals surface area contributed by atoms with E-state index < -0.39 is 6.09 Å². The van der Waals surface area contributed by atoms with Crippen LogP contribution in [0, 0.1) is 0 Å².